The van der Waals surface area contributed by atoms with Crippen molar-refractivity contribution in [1.82, 2.24) is 4.57 Å². The fourth-order valence-corrected chi connectivity index (χ4v) is 3.21. The minimum Gasteiger partial charge on any atom is -0.481 e. The van der Waals surface area contributed by atoms with Gasteiger partial charge in [0.25, 0.3) is 0 Å². The van der Waals surface area contributed by atoms with Crippen molar-refractivity contribution < 1.29 is 24.2 Å². The molecule has 29 heavy (non-hydrogen) atoms. The maximum atomic E-state index is 12.4. The lowest BCUT2D eigenvalue weighted by Crippen LogP contribution is -2.14. The zero-order valence-electron chi connectivity index (χ0n) is 16.8. The van der Waals surface area contributed by atoms with Crippen molar-refractivity contribution in [3.8, 4) is 5.75 Å². The number of aryl methyl sites for hydroxylation is 1. The molecule has 0 radical (unpaired) electrons. The maximum absolute atomic E-state index is 12.4. The number of ether oxygens (including phenoxy) is 1. The fourth-order valence-electron chi connectivity index (χ4n) is 3.21. The smallest absolute Gasteiger partial charge is 0.341 e. The van der Waals surface area contributed by atoms with Gasteiger partial charge in [-0.3, -0.25) is 9.59 Å². The Morgan fingerprint density at radius 3 is 2.00 bits per heavy atom. The molecule has 3 rings (SSSR count). The highest BCUT2D eigenvalue weighted by Crippen LogP contribution is 2.34. The van der Waals surface area contributed by atoms with Crippen LogP contribution in [0.15, 0.2) is 54.6 Å². The minimum atomic E-state index is -1.10. The zero-order chi connectivity index (χ0) is 21.4. The summed E-state index contributed by atoms with van der Waals surface area (Å²) in [5, 5.41) is 9.32. The average molecular weight is 395 g/mol. The van der Waals surface area contributed by atoms with E-state index in [4.69, 9.17) is 9.84 Å². The van der Waals surface area contributed by atoms with Gasteiger partial charge in [-0.2, -0.15) is 0 Å². The number of aromatic nitrogens is 1. The highest BCUT2D eigenvalue weighted by Gasteiger charge is 2.26. The van der Waals surface area contributed by atoms with Crippen LogP contribution in [-0.2, 0) is 22.6 Å². The molecule has 0 aliphatic rings. The van der Waals surface area contributed by atoms with Crippen molar-refractivity contribution in [1.29, 1.82) is 0 Å². The number of nitrogens with zero attached hydrogens (tertiary/aromatic N) is 1. The first-order valence-corrected chi connectivity index (χ1v) is 9.46. The van der Waals surface area contributed by atoms with Crippen LogP contribution in [0.1, 0.15) is 36.8 Å². The molecule has 0 atom stereocenters. The number of carbonyl (C=O) groups excluding carboxylic acids is 2. The van der Waals surface area contributed by atoms with Crippen LogP contribution in [-0.4, -0.2) is 33.8 Å². The van der Waals surface area contributed by atoms with Gasteiger partial charge in [-0.15, -0.1) is 0 Å². The molecule has 152 valence electrons. The van der Waals surface area contributed by atoms with E-state index < -0.39 is 24.1 Å². The Morgan fingerprint density at radius 2 is 1.55 bits per heavy atom. The second-order valence-corrected chi connectivity index (χ2v) is 6.29. The van der Waals surface area contributed by atoms with E-state index in [9.17, 15) is 14.4 Å². The Hall–Kier alpha value is -3.41. The Bertz CT molecular complexity index is 978. The van der Waals surface area contributed by atoms with Gasteiger partial charge in [0.05, 0.1) is 16.5 Å². The second-order valence-electron chi connectivity index (χ2n) is 6.29. The summed E-state index contributed by atoms with van der Waals surface area (Å²) >= 11 is 0. The molecule has 0 fully saturated rings. The number of carboxylic acids is 1. The summed E-state index contributed by atoms with van der Waals surface area (Å²) in [7, 11) is 0. The summed E-state index contributed by atoms with van der Waals surface area (Å²) < 4.78 is 7.29. The number of carboxylic acid groups (broad SMARTS) is 1. The van der Waals surface area contributed by atoms with Gasteiger partial charge >= 0.3 is 5.97 Å². The number of fused-ring (bicyclic) bond motifs is 1. The molecule has 0 aliphatic carbocycles. The standard InChI is InChI=1S/C17H19NO5.C6H6/c1-4-11-16(17(22)10(3)19)15-12(18(11)5-2)7-6-8-13(15)23-9-14(20)21;1-2-4-6-5-3-1/h6-8H,4-5,9H2,1-3H3,(H,20,21);1-6H. The van der Waals surface area contributed by atoms with E-state index in [1.165, 1.54) is 6.92 Å². The molecule has 0 saturated heterocycles. The van der Waals surface area contributed by atoms with Gasteiger partial charge in [-0.05, 0) is 25.5 Å². The van der Waals surface area contributed by atoms with E-state index in [0.29, 0.717) is 29.7 Å². The number of carbonyl (C=O) groups is 3. The Balaban J connectivity index is 0.000000426. The summed E-state index contributed by atoms with van der Waals surface area (Å²) in [5.74, 6) is -1.93. The quantitative estimate of drug-likeness (QED) is 0.480. The van der Waals surface area contributed by atoms with Crippen LogP contribution in [0, 0.1) is 0 Å². The van der Waals surface area contributed by atoms with Gasteiger partial charge < -0.3 is 14.4 Å². The predicted molar refractivity (Wildman–Crippen MR) is 112 cm³/mol. The number of hydrogen-bond donors (Lipinski definition) is 1. The van der Waals surface area contributed by atoms with Crippen LogP contribution >= 0.6 is 0 Å². The molecule has 0 unspecified atom stereocenters. The van der Waals surface area contributed by atoms with Crippen LogP contribution in [0.2, 0.25) is 0 Å². The Labute approximate surface area is 169 Å². The SMILES string of the molecule is CCc1c(C(=O)C(C)=O)c2c(OCC(=O)O)cccc2n1CC.c1ccccc1. The van der Waals surface area contributed by atoms with Crippen molar-refractivity contribution in [2.75, 3.05) is 6.61 Å². The van der Waals surface area contributed by atoms with Crippen LogP contribution in [0.3, 0.4) is 0 Å². The van der Waals surface area contributed by atoms with Crippen LogP contribution in [0.25, 0.3) is 10.9 Å². The number of Topliss-reactive ketones (excluding diaryl/α,β-unsaturated/α-hetero) is 2. The van der Waals surface area contributed by atoms with Crippen molar-refractivity contribution >= 4 is 28.4 Å². The molecule has 0 bridgehead atoms. The molecule has 0 saturated carbocycles. The average Bonchev–Trinajstić information content (AvgIpc) is 3.07. The Kier molecular flexibility index (Phi) is 7.71. The number of aliphatic carboxylic acids is 1. The van der Waals surface area contributed by atoms with Crippen molar-refractivity contribution in [3.63, 3.8) is 0 Å². The third-order valence-corrected chi connectivity index (χ3v) is 4.38. The summed E-state index contributed by atoms with van der Waals surface area (Å²) in [6, 6.07) is 17.2. The molecule has 6 heteroatoms. The van der Waals surface area contributed by atoms with E-state index in [-0.39, 0.29) is 0 Å². The molecule has 3 aromatic rings. The van der Waals surface area contributed by atoms with Gasteiger partial charge in [0.15, 0.2) is 12.4 Å². The molecular weight excluding hydrogens is 370 g/mol. The summed E-state index contributed by atoms with van der Waals surface area (Å²) in [6.45, 7) is 5.22. The lowest BCUT2D eigenvalue weighted by molar-refractivity contribution is -0.139. The molecule has 1 aromatic heterocycles. The van der Waals surface area contributed by atoms with Crippen LogP contribution in [0.5, 0.6) is 5.75 Å². The molecule has 1 heterocycles. The highest BCUT2D eigenvalue weighted by atomic mass is 16.5. The number of hydrogen-bond acceptors (Lipinski definition) is 4. The van der Waals surface area contributed by atoms with E-state index in [2.05, 4.69) is 0 Å². The molecule has 0 amide bonds. The first-order chi connectivity index (χ1) is 13.9. The summed E-state index contributed by atoms with van der Waals surface area (Å²) in [5.41, 5.74) is 1.84. The van der Waals surface area contributed by atoms with Crippen LogP contribution in [0.4, 0.5) is 0 Å². The zero-order valence-corrected chi connectivity index (χ0v) is 16.8. The third-order valence-electron chi connectivity index (χ3n) is 4.38. The van der Waals surface area contributed by atoms with E-state index in [0.717, 1.165) is 11.2 Å². The van der Waals surface area contributed by atoms with Gasteiger partial charge in [0.1, 0.15) is 5.75 Å². The molecule has 6 nitrogen and oxygen atoms in total. The maximum Gasteiger partial charge on any atom is 0.341 e. The van der Waals surface area contributed by atoms with Crippen molar-refractivity contribution in [3.05, 3.63) is 65.9 Å². The lowest BCUT2D eigenvalue weighted by Gasteiger charge is -2.07. The molecule has 2 aromatic carbocycles. The number of ketones is 2. The third kappa shape index (κ3) is 5.10. The molecule has 0 spiro atoms. The van der Waals surface area contributed by atoms with Gasteiger partial charge in [-0.25, -0.2) is 4.79 Å². The van der Waals surface area contributed by atoms with Gasteiger partial charge in [0, 0.05) is 19.2 Å². The minimum absolute atomic E-state index is 0.302. The van der Waals surface area contributed by atoms with Gasteiger partial charge in [0.2, 0.25) is 5.78 Å². The first kappa shape index (κ1) is 21.9. The first-order valence-electron chi connectivity index (χ1n) is 9.46. The van der Waals surface area contributed by atoms with Crippen LogP contribution < -0.4 is 4.74 Å². The molecule has 1 N–H and O–H groups in total. The fraction of sp³-hybridized carbons (Fsp3) is 0.261. The predicted octanol–water partition coefficient (Wildman–Crippen LogP) is 4.15. The summed E-state index contributed by atoms with van der Waals surface area (Å²) in [6.07, 6.45) is 0.579. The summed E-state index contributed by atoms with van der Waals surface area (Å²) in [4.78, 5) is 34.8. The number of rotatable bonds is 7. The van der Waals surface area contributed by atoms with E-state index >= 15 is 0 Å². The monoisotopic (exact) mass is 395 g/mol. The normalized spacial score (nSPS) is 10.2. The van der Waals surface area contributed by atoms with Gasteiger partial charge in [-0.1, -0.05) is 49.4 Å². The molecular formula is C23H25NO5. The Morgan fingerprint density at radius 1 is 0.966 bits per heavy atom. The van der Waals surface area contributed by atoms with Crippen molar-refractivity contribution in [2.45, 2.75) is 33.7 Å². The van der Waals surface area contributed by atoms with E-state index in [1.807, 2.05) is 60.9 Å². The highest BCUT2D eigenvalue weighted by molar-refractivity contribution is 6.45. The van der Waals surface area contributed by atoms with Crippen molar-refractivity contribution in [2.24, 2.45) is 0 Å². The largest absolute Gasteiger partial charge is 0.481 e. The lowest BCUT2D eigenvalue weighted by atomic mass is 10.0. The second kappa shape index (κ2) is 10.2. The topological polar surface area (TPSA) is 85.6 Å². The molecule has 0 aliphatic heterocycles. The van der Waals surface area contributed by atoms with E-state index in [1.54, 1.807) is 12.1 Å². The number of benzene rings is 2.